The lowest BCUT2D eigenvalue weighted by Crippen LogP contribution is -1.88. The van der Waals surface area contributed by atoms with Crippen LogP contribution in [-0.4, -0.2) is 11.3 Å². The molecule has 114 valence electrons. The summed E-state index contributed by atoms with van der Waals surface area (Å²) in [4.78, 5) is 4.67. The van der Waals surface area contributed by atoms with Crippen LogP contribution in [0.3, 0.4) is 0 Å². The van der Waals surface area contributed by atoms with E-state index in [9.17, 15) is 5.11 Å². The Balaban J connectivity index is 1.83. The van der Waals surface area contributed by atoms with E-state index in [1.807, 2.05) is 12.1 Å². The number of benzene rings is 3. The Bertz CT molecular complexity index is 953. The maximum Gasteiger partial charge on any atom is 0.137 e. The lowest BCUT2D eigenvalue weighted by molar-refractivity contribution is 0.470. The first-order valence-corrected chi connectivity index (χ1v) is 9.55. The van der Waals surface area contributed by atoms with Crippen LogP contribution in [0, 0.1) is 7.14 Å². The molecule has 0 atom stereocenters. The summed E-state index contributed by atoms with van der Waals surface area (Å²) in [5.41, 5.74) is 4.55. The van der Waals surface area contributed by atoms with Crippen LogP contribution in [0.4, 0.5) is 5.69 Å². The predicted molar refractivity (Wildman–Crippen MR) is 112 cm³/mol. The largest absolute Gasteiger partial charge is 0.506 e. The number of rotatable bonds is 2. The van der Waals surface area contributed by atoms with E-state index >= 15 is 0 Å². The van der Waals surface area contributed by atoms with Gasteiger partial charge < -0.3 is 5.11 Å². The molecule has 0 aliphatic heterocycles. The normalized spacial score (nSPS) is 13.3. The van der Waals surface area contributed by atoms with E-state index in [1.165, 1.54) is 21.9 Å². The molecule has 1 aliphatic rings. The van der Waals surface area contributed by atoms with Gasteiger partial charge in [0.15, 0.2) is 0 Å². The number of nitrogens with zero attached hydrogens (tertiary/aromatic N) is 1. The lowest BCUT2D eigenvalue weighted by Gasteiger charge is -2.06. The first-order chi connectivity index (χ1) is 11.1. The standard InChI is InChI=1S/C19H13I2NO/c20-14-8-13(19(23)16(21)9-14)10-22-17-7-6-12-5-4-11-2-1-3-15(17)18(11)12/h1-3,6-10,23H,4-5H2. The fourth-order valence-electron chi connectivity index (χ4n) is 3.17. The highest BCUT2D eigenvalue weighted by atomic mass is 127. The second-order valence-electron chi connectivity index (χ2n) is 5.67. The molecule has 1 N–H and O–H groups in total. The molecular formula is C19H13I2NO. The van der Waals surface area contributed by atoms with E-state index in [0.29, 0.717) is 5.75 Å². The van der Waals surface area contributed by atoms with Crippen LogP contribution < -0.4 is 0 Å². The highest BCUT2D eigenvalue weighted by molar-refractivity contribution is 14.1. The van der Waals surface area contributed by atoms with E-state index in [0.717, 1.165) is 31.2 Å². The molecule has 0 aromatic heterocycles. The van der Waals surface area contributed by atoms with Crippen molar-refractivity contribution in [2.75, 3.05) is 0 Å². The number of halogens is 2. The summed E-state index contributed by atoms with van der Waals surface area (Å²) in [6.45, 7) is 0. The Hall–Kier alpha value is -1.15. The minimum atomic E-state index is 0.292. The van der Waals surface area contributed by atoms with Crippen LogP contribution >= 0.6 is 45.2 Å². The van der Waals surface area contributed by atoms with Gasteiger partial charge in [-0.3, -0.25) is 4.99 Å². The summed E-state index contributed by atoms with van der Waals surface area (Å²) < 4.78 is 1.93. The van der Waals surface area contributed by atoms with Gasteiger partial charge in [0.05, 0.1) is 9.26 Å². The van der Waals surface area contributed by atoms with Crippen molar-refractivity contribution in [2.45, 2.75) is 12.8 Å². The van der Waals surface area contributed by atoms with Crippen molar-refractivity contribution < 1.29 is 5.11 Å². The van der Waals surface area contributed by atoms with Crippen molar-refractivity contribution in [2.24, 2.45) is 4.99 Å². The quantitative estimate of drug-likeness (QED) is 0.343. The van der Waals surface area contributed by atoms with Crippen LogP contribution in [0.5, 0.6) is 5.75 Å². The van der Waals surface area contributed by atoms with Gasteiger partial charge in [0.25, 0.3) is 0 Å². The Kier molecular flexibility index (Phi) is 4.05. The molecule has 0 saturated heterocycles. The number of aryl methyl sites for hydroxylation is 2. The molecule has 23 heavy (non-hydrogen) atoms. The van der Waals surface area contributed by atoms with Crippen molar-refractivity contribution in [3.8, 4) is 5.75 Å². The fourth-order valence-corrected chi connectivity index (χ4v) is 5.06. The van der Waals surface area contributed by atoms with E-state index in [2.05, 4.69) is 80.5 Å². The second kappa shape index (κ2) is 6.05. The maximum atomic E-state index is 10.2. The third kappa shape index (κ3) is 2.76. The topological polar surface area (TPSA) is 32.6 Å². The number of phenols is 1. The molecule has 0 amide bonds. The Morgan fingerprint density at radius 1 is 1.00 bits per heavy atom. The van der Waals surface area contributed by atoms with Crippen molar-refractivity contribution in [3.05, 3.63) is 66.3 Å². The Morgan fingerprint density at radius 2 is 1.78 bits per heavy atom. The Labute approximate surface area is 161 Å². The molecule has 1 aliphatic carbocycles. The molecule has 4 heteroatoms. The first kappa shape index (κ1) is 15.4. The average molecular weight is 525 g/mol. The zero-order valence-corrected chi connectivity index (χ0v) is 16.5. The number of phenolic OH excluding ortho intramolecular Hbond substituents is 1. The van der Waals surface area contributed by atoms with Crippen molar-refractivity contribution >= 4 is 67.9 Å². The second-order valence-corrected chi connectivity index (χ2v) is 8.07. The van der Waals surface area contributed by atoms with Gasteiger partial charge in [-0.2, -0.15) is 0 Å². The number of aromatic hydroxyl groups is 1. The third-order valence-corrected chi connectivity index (χ3v) is 5.70. The van der Waals surface area contributed by atoms with Gasteiger partial charge in [0.2, 0.25) is 0 Å². The summed E-state index contributed by atoms with van der Waals surface area (Å²) in [5.74, 6) is 0.292. The van der Waals surface area contributed by atoms with Crippen molar-refractivity contribution in [1.29, 1.82) is 0 Å². The molecule has 0 spiro atoms. The minimum absolute atomic E-state index is 0.292. The third-order valence-electron chi connectivity index (χ3n) is 4.25. The average Bonchev–Trinajstić information content (AvgIpc) is 2.96. The smallest absolute Gasteiger partial charge is 0.137 e. The summed E-state index contributed by atoms with van der Waals surface area (Å²) in [6, 6.07) is 14.6. The lowest BCUT2D eigenvalue weighted by atomic mass is 10.0. The van der Waals surface area contributed by atoms with Crippen LogP contribution in [0.2, 0.25) is 0 Å². The molecule has 0 radical (unpaired) electrons. The molecule has 0 unspecified atom stereocenters. The summed E-state index contributed by atoms with van der Waals surface area (Å²) in [6.07, 6.45) is 4.00. The molecule has 3 aromatic carbocycles. The van der Waals surface area contributed by atoms with Gasteiger partial charge in [-0.25, -0.2) is 0 Å². The van der Waals surface area contributed by atoms with Crippen molar-refractivity contribution in [1.82, 2.24) is 0 Å². The van der Waals surface area contributed by atoms with Crippen LogP contribution in [-0.2, 0) is 12.8 Å². The van der Waals surface area contributed by atoms with Crippen molar-refractivity contribution in [3.63, 3.8) is 0 Å². The fraction of sp³-hybridized carbons (Fsp3) is 0.105. The van der Waals surface area contributed by atoms with Gasteiger partial charge in [0, 0.05) is 20.7 Å². The van der Waals surface area contributed by atoms with E-state index in [-0.39, 0.29) is 0 Å². The minimum Gasteiger partial charge on any atom is -0.506 e. The molecular weight excluding hydrogens is 512 g/mol. The van der Waals surface area contributed by atoms with Gasteiger partial charge in [0.1, 0.15) is 5.75 Å². The monoisotopic (exact) mass is 525 g/mol. The van der Waals surface area contributed by atoms with Gasteiger partial charge in [-0.1, -0.05) is 24.3 Å². The molecule has 4 rings (SSSR count). The SMILES string of the molecule is Oc1c(I)cc(I)cc1C=Nc1ccc2c3c(cccc13)CC2. The van der Waals surface area contributed by atoms with E-state index in [1.54, 1.807) is 6.21 Å². The first-order valence-electron chi connectivity index (χ1n) is 7.39. The predicted octanol–water partition coefficient (Wildman–Crippen LogP) is 5.60. The molecule has 2 nitrogen and oxygen atoms in total. The zero-order valence-electron chi connectivity index (χ0n) is 12.2. The Morgan fingerprint density at radius 3 is 2.61 bits per heavy atom. The van der Waals surface area contributed by atoms with Gasteiger partial charge in [-0.05, 0) is 92.7 Å². The van der Waals surface area contributed by atoms with Crippen LogP contribution in [0.25, 0.3) is 10.8 Å². The highest BCUT2D eigenvalue weighted by Gasteiger charge is 2.15. The van der Waals surface area contributed by atoms with Crippen LogP contribution in [0.1, 0.15) is 16.7 Å². The number of aliphatic imine (C=N–C) groups is 1. The summed E-state index contributed by atoms with van der Waals surface area (Å²) >= 11 is 4.40. The summed E-state index contributed by atoms with van der Waals surface area (Å²) in [7, 11) is 0. The zero-order chi connectivity index (χ0) is 16.0. The van der Waals surface area contributed by atoms with E-state index in [4.69, 9.17) is 0 Å². The number of hydrogen-bond donors (Lipinski definition) is 1. The molecule has 0 heterocycles. The summed E-state index contributed by atoms with van der Waals surface area (Å²) in [5, 5.41) is 12.8. The molecule has 0 bridgehead atoms. The number of hydrogen-bond acceptors (Lipinski definition) is 2. The molecule has 0 saturated carbocycles. The highest BCUT2D eigenvalue weighted by Crippen LogP contribution is 2.36. The van der Waals surface area contributed by atoms with Crippen LogP contribution in [0.15, 0.2) is 47.5 Å². The molecule has 3 aromatic rings. The van der Waals surface area contributed by atoms with Gasteiger partial charge >= 0.3 is 0 Å². The maximum absolute atomic E-state index is 10.2. The molecule has 0 fully saturated rings. The van der Waals surface area contributed by atoms with E-state index < -0.39 is 0 Å². The van der Waals surface area contributed by atoms with Gasteiger partial charge in [-0.15, -0.1) is 0 Å².